The van der Waals surface area contributed by atoms with Crippen LogP contribution in [0.1, 0.15) is 31.4 Å². The van der Waals surface area contributed by atoms with Gasteiger partial charge in [-0.15, -0.1) is 0 Å². The highest BCUT2D eigenvalue weighted by atomic mass is 19.1. The third-order valence-corrected chi connectivity index (χ3v) is 2.81. The Morgan fingerprint density at radius 1 is 1.47 bits per heavy atom. The van der Waals surface area contributed by atoms with E-state index >= 15 is 0 Å². The van der Waals surface area contributed by atoms with Gasteiger partial charge in [-0.3, -0.25) is 4.79 Å². The van der Waals surface area contributed by atoms with Crippen LogP contribution in [-0.4, -0.2) is 18.2 Å². The van der Waals surface area contributed by atoms with Gasteiger partial charge in [0.1, 0.15) is 0 Å². The Morgan fingerprint density at radius 3 is 2.47 bits per heavy atom. The zero-order valence-electron chi connectivity index (χ0n) is 10.5. The van der Waals surface area contributed by atoms with Crippen molar-refractivity contribution in [1.29, 1.82) is 0 Å². The number of hydrogen-bond donors (Lipinski definition) is 1. The molecule has 17 heavy (non-hydrogen) atoms. The largest absolute Gasteiger partial charge is 0.493 e. The normalized spacial score (nSPS) is 11.4. The summed E-state index contributed by atoms with van der Waals surface area (Å²) in [6.45, 7) is 5.30. The predicted molar refractivity (Wildman–Crippen MR) is 63.0 cm³/mol. The summed E-state index contributed by atoms with van der Waals surface area (Å²) in [6, 6.07) is 3.11. The van der Waals surface area contributed by atoms with Crippen LogP contribution in [0.3, 0.4) is 0 Å². The first-order valence-electron chi connectivity index (χ1n) is 5.34. The summed E-state index contributed by atoms with van der Waals surface area (Å²) >= 11 is 0. The molecular weight excluding hydrogens is 223 g/mol. The maximum atomic E-state index is 13.7. The second kappa shape index (κ2) is 4.73. The molecule has 0 saturated heterocycles. The van der Waals surface area contributed by atoms with Crippen molar-refractivity contribution in [2.75, 3.05) is 7.11 Å². The van der Waals surface area contributed by atoms with Crippen LogP contribution in [0.25, 0.3) is 0 Å². The van der Waals surface area contributed by atoms with Crippen molar-refractivity contribution in [2.45, 2.75) is 32.6 Å². The molecule has 0 aliphatic heterocycles. The number of benzene rings is 1. The lowest BCUT2D eigenvalue weighted by atomic mass is 9.81. The average molecular weight is 240 g/mol. The molecule has 0 fully saturated rings. The lowest BCUT2D eigenvalue weighted by Gasteiger charge is -2.24. The fraction of sp³-hybridized carbons (Fsp3) is 0.462. The van der Waals surface area contributed by atoms with Gasteiger partial charge in [0.05, 0.1) is 13.5 Å². The molecule has 1 aromatic rings. The van der Waals surface area contributed by atoms with E-state index in [2.05, 4.69) is 0 Å². The van der Waals surface area contributed by atoms with Crippen molar-refractivity contribution in [3.05, 3.63) is 29.1 Å². The molecular formula is C13H17FO3. The van der Waals surface area contributed by atoms with Crippen LogP contribution in [0.4, 0.5) is 4.39 Å². The molecule has 1 rings (SSSR count). The zero-order valence-corrected chi connectivity index (χ0v) is 10.5. The molecule has 0 saturated carbocycles. The van der Waals surface area contributed by atoms with Crippen LogP contribution in [0, 0.1) is 12.7 Å². The molecule has 0 unspecified atom stereocenters. The van der Waals surface area contributed by atoms with E-state index in [1.165, 1.54) is 13.2 Å². The second-order valence-corrected chi connectivity index (χ2v) is 4.76. The number of methoxy groups -OCH3 is 1. The number of carboxylic acid groups (broad SMARTS) is 1. The summed E-state index contributed by atoms with van der Waals surface area (Å²) in [5.41, 5.74) is 0.723. The molecule has 0 bridgehead atoms. The highest BCUT2D eigenvalue weighted by Gasteiger charge is 2.26. The van der Waals surface area contributed by atoms with Gasteiger partial charge in [0.25, 0.3) is 0 Å². The van der Waals surface area contributed by atoms with Crippen LogP contribution >= 0.6 is 0 Å². The van der Waals surface area contributed by atoms with Crippen molar-refractivity contribution < 1.29 is 19.0 Å². The minimum Gasteiger partial charge on any atom is -0.493 e. The lowest BCUT2D eigenvalue weighted by molar-refractivity contribution is -0.138. The molecule has 0 aliphatic carbocycles. The zero-order chi connectivity index (χ0) is 13.2. The molecule has 0 spiro atoms. The number of carboxylic acids is 1. The van der Waals surface area contributed by atoms with Gasteiger partial charge in [-0.2, -0.15) is 0 Å². The van der Waals surface area contributed by atoms with Crippen molar-refractivity contribution >= 4 is 5.97 Å². The minimum absolute atomic E-state index is 0.0434. The number of rotatable bonds is 4. The van der Waals surface area contributed by atoms with E-state index in [1.807, 2.05) is 0 Å². The smallest absolute Gasteiger partial charge is 0.304 e. The SMILES string of the molecule is COc1c(C)cc(C(C)(C)CC(=O)O)cc1F. The Morgan fingerprint density at radius 2 is 2.06 bits per heavy atom. The fourth-order valence-electron chi connectivity index (χ4n) is 1.86. The summed E-state index contributed by atoms with van der Waals surface area (Å²) in [7, 11) is 1.41. The molecule has 1 N–H and O–H groups in total. The highest BCUT2D eigenvalue weighted by Crippen LogP contribution is 2.32. The first kappa shape index (κ1) is 13.5. The van der Waals surface area contributed by atoms with Gasteiger partial charge in [0.2, 0.25) is 0 Å². The summed E-state index contributed by atoms with van der Waals surface area (Å²) in [5.74, 6) is -1.15. The summed E-state index contributed by atoms with van der Waals surface area (Å²) < 4.78 is 18.6. The van der Waals surface area contributed by atoms with Crippen LogP contribution in [0.2, 0.25) is 0 Å². The van der Waals surface area contributed by atoms with Gasteiger partial charge in [-0.1, -0.05) is 19.9 Å². The molecule has 0 aromatic heterocycles. The van der Waals surface area contributed by atoms with Gasteiger partial charge >= 0.3 is 5.97 Å². The Kier molecular flexibility index (Phi) is 3.76. The maximum absolute atomic E-state index is 13.7. The Labute approximate surface area is 100 Å². The first-order chi connectivity index (χ1) is 7.77. The van der Waals surface area contributed by atoms with E-state index in [9.17, 15) is 9.18 Å². The topological polar surface area (TPSA) is 46.5 Å². The Bertz CT molecular complexity index is 415. The molecule has 1 aromatic carbocycles. The average Bonchev–Trinajstić information content (AvgIpc) is 2.14. The van der Waals surface area contributed by atoms with E-state index in [0.29, 0.717) is 11.1 Å². The minimum atomic E-state index is -0.899. The van der Waals surface area contributed by atoms with Gasteiger partial charge in [0, 0.05) is 5.41 Å². The number of ether oxygens (including phenoxy) is 1. The molecule has 0 heterocycles. The molecule has 0 radical (unpaired) electrons. The maximum Gasteiger partial charge on any atom is 0.304 e. The number of aryl methyl sites for hydroxylation is 1. The van der Waals surface area contributed by atoms with E-state index in [-0.39, 0.29) is 12.2 Å². The highest BCUT2D eigenvalue weighted by molar-refractivity contribution is 5.69. The Balaban J connectivity index is 3.20. The molecule has 0 amide bonds. The number of aliphatic carboxylic acids is 1. The first-order valence-corrected chi connectivity index (χ1v) is 5.34. The van der Waals surface area contributed by atoms with Crippen molar-refractivity contribution in [3.8, 4) is 5.75 Å². The van der Waals surface area contributed by atoms with Crippen LogP contribution in [-0.2, 0) is 10.2 Å². The van der Waals surface area contributed by atoms with E-state index in [4.69, 9.17) is 9.84 Å². The molecule has 3 nitrogen and oxygen atoms in total. The molecule has 4 heteroatoms. The number of halogens is 1. The second-order valence-electron chi connectivity index (χ2n) is 4.76. The summed E-state index contributed by atoms with van der Waals surface area (Å²) in [5, 5.41) is 8.83. The molecule has 94 valence electrons. The third-order valence-electron chi connectivity index (χ3n) is 2.81. The quantitative estimate of drug-likeness (QED) is 0.880. The molecule has 0 aliphatic rings. The Hall–Kier alpha value is -1.58. The van der Waals surface area contributed by atoms with E-state index in [1.54, 1.807) is 26.8 Å². The number of carbonyl (C=O) groups is 1. The number of hydrogen-bond acceptors (Lipinski definition) is 2. The van der Waals surface area contributed by atoms with Crippen molar-refractivity contribution in [3.63, 3.8) is 0 Å². The van der Waals surface area contributed by atoms with Crippen LogP contribution in [0.5, 0.6) is 5.75 Å². The van der Waals surface area contributed by atoms with Gasteiger partial charge in [0.15, 0.2) is 11.6 Å². The van der Waals surface area contributed by atoms with Gasteiger partial charge in [-0.05, 0) is 24.1 Å². The van der Waals surface area contributed by atoms with Crippen LogP contribution in [0.15, 0.2) is 12.1 Å². The third kappa shape index (κ3) is 2.96. The standard InChI is InChI=1S/C13H17FO3/c1-8-5-9(6-10(14)12(8)17-4)13(2,3)7-11(15)16/h5-6H,7H2,1-4H3,(H,15,16). The fourth-order valence-corrected chi connectivity index (χ4v) is 1.86. The van der Waals surface area contributed by atoms with E-state index < -0.39 is 17.2 Å². The summed E-state index contributed by atoms with van der Waals surface area (Å²) in [6.07, 6.45) is -0.0434. The molecule has 0 atom stereocenters. The van der Waals surface area contributed by atoms with Crippen molar-refractivity contribution in [1.82, 2.24) is 0 Å². The monoisotopic (exact) mass is 240 g/mol. The van der Waals surface area contributed by atoms with Gasteiger partial charge in [-0.25, -0.2) is 4.39 Å². The van der Waals surface area contributed by atoms with E-state index in [0.717, 1.165) is 0 Å². The van der Waals surface area contributed by atoms with Gasteiger partial charge < -0.3 is 9.84 Å². The predicted octanol–water partition coefficient (Wildman–Crippen LogP) is 2.90. The van der Waals surface area contributed by atoms with Crippen LogP contribution < -0.4 is 4.74 Å². The van der Waals surface area contributed by atoms with Crippen molar-refractivity contribution in [2.24, 2.45) is 0 Å². The summed E-state index contributed by atoms with van der Waals surface area (Å²) in [4.78, 5) is 10.8. The lowest BCUT2D eigenvalue weighted by Crippen LogP contribution is -2.22.